The molecule has 11 aromatic rings. The number of furan rings is 1. The molecule has 0 N–H and O–H groups in total. The third-order valence-electron chi connectivity index (χ3n) is 12.3. The van der Waals surface area contributed by atoms with Gasteiger partial charge in [0.05, 0.1) is 16.7 Å². The van der Waals surface area contributed by atoms with Crippen molar-refractivity contribution in [2.24, 2.45) is 0 Å². The predicted molar refractivity (Wildman–Crippen MR) is 241 cm³/mol. The van der Waals surface area contributed by atoms with Gasteiger partial charge in [-0.15, -0.1) is 0 Å². The molecular weight excluding hydrogens is 721 g/mol. The van der Waals surface area contributed by atoms with Gasteiger partial charge in [0.1, 0.15) is 11.2 Å². The minimum absolute atomic E-state index is 0.161. The predicted octanol–water partition coefficient (Wildman–Crippen LogP) is 13.8. The summed E-state index contributed by atoms with van der Waals surface area (Å²) in [6, 6.07) is 64.3. The molecule has 0 bridgehead atoms. The number of fused-ring (bicyclic) bond motifs is 9. The topological polar surface area (TPSA) is 56.7 Å². The summed E-state index contributed by atoms with van der Waals surface area (Å²) in [5.41, 5.74) is 15.2. The van der Waals surface area contributed by atoms with E-state index < -0.39 is 0 Å². The van der Waals surface area contributed by atoms with E-state index >= 15 is 0 Å². The number of nitrogens with zero attached hydrogens (tertiary/aromatic N) is 4. The Labute approximate surface area is 340 Å². The smallest absolute Gasteiger partial charge is 0.164 e. The molecule has 0 spiro atoms. The second kappa shape index (κ2) is 12.7. The van der Waals surface area contributed by atoms with Gasteiger partial charge >= 0.3 is 0 Å². The van der Waals surface area contributed by atoms with Crippen LogP contribution >= 0.6 is 0 Å². The Morgan fingerprint density at radius 2 is 1.00 bits per heavy atom. The molecule has 0 aliphatic heterocycles. The van der Waals surface area contributed by atoms with E-state index in [0.29, 0.717) is 17.5 Å². The maximum absolute atomic E-state index is 6.29. The van der Waals surface area contributed by atoms with Crippen molar-refractivity contribution in [1.29, 1.82) is 0 Å². The summed E-state index contributed by atoms with van der Waals surface area (Å²) in [6.45, 7) is 4.70. The highest BCUT2D eigenvalue weighted by molar-refractivity contribution is 6.12. The quantitative estimate of drug-likeness (QED) is 0.175. The van der Waals surface area contributed by atoms with E-state index in [1.54, 1.807) is 0 Å². The molecule has 0 saturated carbocycles. The summed E-state index contributed by atoms with van der Waals surface area (Å²) in [4.78, 5) is 15.3. The molecule has 0 saturated heterocycles. The molecule has 278 valence electrons. The van der Waals surface area contributed by atoms with E-state index in [0.717, 1.165) is 66.5 Å². The van der Waals surface area contributed by atoms with Gasteiger partial charge < -0.3 is 8.98 Å². The summed E-state index contributed by atoms with van der Waals surface area (Å²) in [5, 5.41) is 4.62. The highest BCUT2D eigenvalue weighted by Gasteiger charge is 2.36. The van der Waals surface area contributed by atoms with Crippen LogP contribution in [0.25, 0.3) is 106 Å². The molecule has 5 heteroatoms. The highest BCUT2D eigenvalue weighted by Crippen LogP contribution is 2.51. The number of hydrogen-bond donors (Lipinski definition) is 0. The van der Waals surface area contributed by atoms with Gasteiger partial charge in [-0.05, 0) is 70.3 Å². The number of benzene rings is 8. The molecule has 5 nitrogen and oxygen atoms in total. The average molecular weight is 757 g/mol. The van der Waals surface area contributed by atoms with E-state index in [1.807, 2.05) is 48.5 Å². The molecule has 3 aromatic heterocycles. The van der Waals surface area contributed by atoms with Crippen LogP contribution in [-0.4, -0.2) is 19.5 Å². The Morgan fingerprint density at radius 3 is 1.76 bits per heavy atom. The van der Waals surface area contributed by atoms with Gasteiger partial charge in [0.15, 0.2) is 17.5 Å². The van der Waals surface area contributed by atoms with Gasteiger partial charge in [0, 0.05) is 49.2 Å². The van der Waals surface area contributed by atoms with Crippen molar-refractivity contribution < 1.29 is 4.42 Å². The molecular formula is C54H36N4O. The van der Waals surface area contributed by atoms with Gasteiger partial charge in [-0.2, -0.15) is 0 Å². The molecule has 12 rings (SSSR count). The maximum atomic E-state index is 6.29. The van der Waals surface area contributed by atoms with Gasteiger partial charge in [-0.3, -0.25) is 0 Å². The second-order valence-electron chi connectivity index (χ2n) is 16.0. The zero-order chi connectivity index (χ0) is 39.2. The van der Waals surface area contributed by atoms with Crippen LogP contribution in [0.15, 0.2) is 186 Å². The van der Waals surface area contributed by atoms with Crippen LogP contribution in [-0.2, 0) is 5.41 Å². The van der Waals surface area contributed by atoms with E-state index in [4.69, 9.17) is 19.4 Å². The van der Waals surface area contributed by atoms with E-state index in [-0.39, 0.29) is 5.41 Å². The second-order valence-corrected chi connectivity index (χ2v) is 16.0. The van der Waals surface area contributed by atoms with E-state index in [9.17, 15) is 0 Å². The van der Waals surface area contributed by atoms with Crippen LogP contribution in [0.4, 0.5) is 0 Å². The lowest BCUT2D eigenvalue weighted by Gasteiger charge is -2.22. The van der Waals surface area contributed by atoms with E-state index in [2.05, 4.69) is 152 Å². The van der Waals surface area contributed by atoms with Crippen molar-refractivity contribution >= 4 is 43.7 Å². The van der Waals surface area contributed by atoms with Gasteiger partial charge in [0.2, 0.25) is 0 Å². The van der Waals surface area contributed by atoms with Crippen LogP contribution in [0, 0.1) is 0 Å². The highest BCUT2D eigenvalue weighted by atomic mass is 16.3. The molecule has 0 atom stereocenters. The maximum Gasteiger partial charge on any atom is 0.164 e. The minimum Gasteiger partial charge on any atom is -0.456 e. The van der Waals surface area contributed by atoms with Crippen molar-refractivity contribution in [3.63, 3.8) is 0 Å². The Balaban J connectivity index is 1.16. The number of rotatable bonds is 5. The Morgan fingerprint density at radius 1 is 0.390 bits per heavy atom. The Hall–Kier alpha value is -7.63. The summed E-state index contributed by atoms with van der Waals surface area (Å²) >= 11 is 0. The number of hydrogen-bond acceptors (Lipinski definition) is 4. The van der Waals surface area contributed by atoms with Gasteiger partial charge in [0.25, 0.3) is 0 Å². The standard InChI is InChI=1S/C54H36N4O/c1-54(2)44-22-12-9-19-38(44)41-31-42-39-20-10-13-23-46(39)58(48(42)32-45(41)54)47-30-36(25-27-37(47)35-26-28-50-43(29-35)40-21-11-14-24-49(40)59-50)53-56-51(33-15-5-3-6-16-33)55-52(57-53)34-17-7-4-8-18-34/h3-32H,1-2H3. The first-order valence-electron chi connectivity index (χ1n) is 20.1. The molecule has 1 aliphatic rings. The molecule has 59 heavy (non-hydrogen) atoms. The van der Waals surface area contributed by atoms with Crippen molar-refractivity contribution in [2.45, 2.75) is 19.3 Å². The molecule has 0 amide bonds. The Bertz CT molecular complexity index is 3410. The summed E-state index contributed by atoms with van der Waals surface area (Å²) in [7, 11) is 0. The molecule has 3 heterocycles. The van der Waals surface area contributed by atoms with Gasteiger partial charge in [-0.25, -0.2) is 15.0 Å². The molecule has 0 unspecified atom stereocenters. The largest absolute Gasteiger partial charge is 0.456 e. The van der Waals surface area contributed by atoms with Crippen molar-refractivity contribution in [1.82, 2.24) is 19.5 Å². The summed E-state index contributed by atoms with van der Waals surface area (Å²) in [6.07, 6.45) is 0. The third-order valence-corrected chi connectivity index (χ3v) is 12.3. The molecule has 0 radical (unpaired) electrons. The minimum atomic E-state index is -0.161. The fraction of sp³-hybridized carbons (Fsp3) is 0.0556. The SMILES string of the molecule is CC1(C)c2ccccc2-c2cc3c4ccccc4n(-c4cc(-c5nc(-c6ccccc6)nc(-c6ccccc6)n5)ccc4-c4ccc5oc6ccccc6c5c4)c3cc21. The first-order chi connectivity index (χ1) is 29.0. The van der Waals surface area contributed by atoms with Crippen LogP contribution in [0.1, 0.15) is 25.0 Å². The van der Waals surface area contributed by atoms with Crippen LogP contribution in [0.2, 0.25) is 0 Å². The monoisotopic (exact) mass is 756 g/mol. The average Bonchev–Trinajstić information content (AvgIpc) is 3.90. The lowest BCUT2D eigenvalue weighted by Crippen LogP contribution is -2.15. The van der Waals surface area contributed by atoms with E-state index in [1.165, 1.54) is 33.0 Å². The van der Waals surface area contributed by atoms with Crippen molar-refractivity contribution in [2.75, 3.05) is 0 Å². The fourth-order valence-electron chi connectivity index (χ4n) is 9.35. The summed E-state index contributed by atoms with van der Waals surface area (Å²) < 4.78 is 8.75. The lowest BCUT2D eigenvalue weighted by atomic mass is 9.82. The molecule has 0 fully saturated rings. The zero-order valence-electron chi connectivity index (χ0n) is 32.5. The van der Waals surface area contributed by atoms with Gasteiger partial charge in [-0.1, -0.05) is 153 Å². The van der Waals surface area contributed by atoms with Crippen LogP contribution < -0.4 is 0 Å². The lowest BCUT2D eigenvalue weighted by molar-refractivity contribution is 0.661. The van der Waals surface area contributed by atoms with Crippen LogP contribution in [0.3, 0.4) is 0 Å². The number of aromatic nitrogens is 4. The first kappa shape index (κ1) is 33.5. The fourth-order valence-corrected chi connectivity index (χ4v) is 9.35. The molecule has 1 aliphatic carbocycles. The number of para-hydroxylation sites is 2. The normalized spacial score (nSPS) is 13.1. The Kier molecular flexibility index (Phi) is 7.20. The zero-order valence-corrected chi connectivity index (χ0v) is 32.5. The third kappa shape index (κ3) is 5.14. The van der Waals surface area contributed by atoms with Crippen molar-refractivity contribution in [3.8, 4) is 62.1 Å². The van der Waals surface area contributed by atoms with Crippen LogP contribution in [0.5, 0.6) is 0 Å². The summed E-state index contributed by atoms with van der Waals surface area (Å²) in [5.74, 6) is 1.87. The van der Waals surface area contributed by atoms with Crippen molar-refractivity contribution in [3.05, 3.63) is 193 Å². The first-order valence-corrected chi connectivity index (χ1v) is 20.1. The molecule has 8 aromatic carbocycles.